The maximum atomic E-state index is 12.8. The summed E-state index contributed by atoms with van der Waals surface area (Å²) in [4.78, 5) is 34.6. The summed E-state index contributed by atoms with van der Waals surface area (Å²) in [7, 11) is 0. The molecule has 0 spiro atoms. The normalized spacial score (nSPS) is 16.4. The molecular weight excluding hydrogens is 450 g/mol. The number of aliphatic carboxylic acids is 1. The minimum absolute atomic E-state index is 0.301. The highest BCUT2D eigenvalue weighted by Gasteiger charge is 2.45. The highest BCUT2D eigenvalue weighted by atomic mass is 19.4. The molecule has 1 saturated carbocycles. The fourth-order valence-electron chi connectivity index (χ4n) is 3.01. The van der Waals surface area contributed by atoms with E-state index in [1.807, 2.05) is 0 Å². The lowest BCUT2D eigenvalue weighted by atomic mass is 9.74. The average molecular weight is 468 g/mol. The monoisotopic (exact) mass is 468 g/mol. The number of carboxylic acids is 1. The van der Waals surface area contributed by atoms with Crippen molar-refractivity contribution >= 4 is 17.9 Å². The van der Waals surface area contributed by atoms with E-state index in [1.165, 1.54) is 0 Å². The van der Waals surface area contributed by atoms with Gasteiger partial charge in [-0.2, -0.15) is 26.3 Å². The molecule has 0 radical (unpaired) electrons. The van der Waals surface area contributed by atoms with Gasteiger partial charge in [-0.05, 0) is 37.0 Å². The first-order chi connectivity index (χ1) is 14.6. The number of carbonyl (C=O) groups is 3. The number of halogens is 6. The summed E-state index contributed by atoms with van der Waals surface area (Å²) in [5, 5.41) is 8.52. The van der Waals surface area contributed by atoms with Crippen molar-refractivity contribution in [2.75, 3.05) is 0 Å². The second kappa shape index (κ2) is 9.21. The number of benzene rings is 1. The van der Waals surface area contributed by atoms with Crippen LogP contribution in [0.1, 0.15) is 43.2 Å². The third-order valence-corrected chi connectivity index (χ3v) is 4.83. The Labute approximate surface area is 177 Å². The van der Waals surface area contributed by atoms with E-state index in [0.717, 1.165) is 24.3 Å². The molecule has 1 fully saturated rings. The number of alkyl halides is 6. The standard InChI is InChI=1S/C20H18F6O6/c1-11(17(30)31-14(10-15(27)28)20(24,25)26)9-16(29)32-18(7-2-8-18)12-3-5-13(6-4-12)19(21,22)23/h3-6,14H,1-2,7-10H2,(H,27,28)/t14-/m0/s1. The summed E-state index contributed by atoms with van der Waals surface area (Å²) in [6, 6.07) is 3.99. The summed E-state index contributed by atoms with van der Waals surface area (Å²) in [6.07, 6.45) is -13.8. The molecule has 1 atom stereocenters. The molecule has 1 aromatic carbocycles. The van der Waals surface area contributed by atoms with Gasteiger partial charge in [0.25, 0.3) is 0 Å². The Hall–Kier alpha value is -3.05. The molecule has 32 heavy (non-hydrogen) atoms. The lowest BCUT2D eigenvalue weighted by Crippen LogP contribution is -2.39. The first-order valence-corrected chi connectivity index (χ1v) is 9.21. The molecule has 1 aliphatic rings. The highest BCUT2D eigenvalue weighted by Crippen LogP contribution is 2.45. The first kappa shape index (κ1) is 25.2. The molecule has 1 aliphatic carbocycles. The van der Waals surface area contributed by atoms with E-state index in [4.69, 9.17) is 9.84 Å². The Morgan fingerprint density at radius 3 is 2.03 bits per heavy atom. The van der Waals surface area contributed by atoms with Crippen LogP contribution in [0, 0.1) is 0 Å². The van der Waals surface area contributed by atoms with Crippen molar-refractivity contribution in [1.82, 2.24) is 0 Å². The fourth-order valence-corrected chi connectivity index (χ4v) is 3.01. The van der Waals surface area contributed by atoms with Gasteiger partial charge in [0, 0.05) is 5.57 Å². The van der Waals surface area contributed by atoms with Crippen molar-refractivity contribution in [3.05, 3.63) is 47.5 Å². The van der Waals surface area contributed by atoms with Crippen LogP contribution in [0.5, 0.6) is 0 Å². The van der Waals surface area contributed by atoms with E-state index in [9.17, 15) is 40.7 Å². The Balaban J connectivity index is 2.03. The molecule has 0 bridgehead atoms. The van der Waals surface area contributed by atoms with Gasteiger partial charge in [0.15, 0.2) is 0 Å². The Morgan fingerprint density at radius 2 is 1.62 bits per heavy atom. The molecule has 6 nitrogen and oxygen atoms in total. The van der Waals surface area contributed by atoms with Gasteiger partial charge in [0.2, 0.25) is 6.10 Å². The van der Waals surface area contributed by atoms with Gasteiger partial charge >= 0.3 is 30.3 Å². The fraction of sp³-hybridized carbons (Fsp3) is 0.450. The number of rotatable bonds is 8. The van der Waals surface area contributed by atoms with Crippen LogP contribution < -0.4 is 0 Å². The van der Waals surface area contributed by atoms with Gasteiger partial charge in [-0.1, -0.05) is 18.7 Å². The van der Waals surface area contributed by atoms with E-state index < -0.39 is 65.9 Å². The smallest absolute Gasteiger partial charge is 0.426 e. The summed E-state index contributed by atoms with van der Waals surface area (Å²) < 4.78 is 86.1. The topological polar surface area (TPSA) is 89.9 Å². The van der Waals surface area contributed by atoms with E-state index in [2.05, 4.69) is 11.3 Å². The number of carbonyl (C=O) groups excluding carboxylic acids is 2. The van der Waals surface area contributed by atoms with Crippen molar-refractivity contribution in [3.63, 3.8) is 0 Å². The second-order valence-electron chi connectivity index (χ2n) is 7.21. The number of esters is 2. The predicted octanol–water partition coefficient (Wildman–Crippen LogP) is 4.52. The van der Waals surface area contributed by atoms with Gasteiger partial charge in [0.05, 0.1) is 18.4 Å². The van der Waals surface area contributed by atoms with E-state index >= 15 is 0 Å². The summed E-state index contributed by atoms with van der Waals surface area (Å²) >= 11 is 0. The molecule has 12 heteroatoms. The van der Waals surface area contributed by atoms with Gasteiger partial charge in [0.1, 0.15) is 5.60 Å². The Bertz CT molecular complexity index is 883. The average Bonchev–Trinajstić information content (AvgIpc) is 2.62. The number of hydrogen-bond acceptors (Lipinski definition) is 5. The zero-order valence-corrected chi connectivity index (χ0v) is 16.4. The van der Waals surface area contributed by atoms with Crippen molar-refractivity contribution in [2.45, 2.75) is 56.2 Å². The van der Waals surface area contributed by atoms with Crippen molar-refractivity contribution in [1.29, 1.82) is 0 Å². The van der Waals surface area contributed by atoms with Gasteiger partial charge in [-0.15, -0.1) is 0 Å². The molecule has 0 heterocycles. The number of ether oxygens (including phenoxy) is 2. The van der Waals surface area contributed by atoms with Crippen LogP contribution in [0.25, 0.3) is 0 Å². The van der Waals surface area contributed by atoms with Crippen molar-refractivity contribution < 1.29 is 55.3 Å². The summed E-state index contributed by atoms with van der Waals surface area (Å²) in [5.41, 5.74) is -2.50. The second-order valence-corrected chi connectivity index (χ2v) is 7.21. The number of carboxylic acid groups (broad SMARTS) is 1. The van der Waals surface area contributed by atoms with Crippen LogP contribution in [0.4, 0.5) is 26.3 Å². The maximum Gasteiger partial charge on any atom is 0.426 e. The third-order valence-electron chi connectivity index (χ3n) is 4.83. The molecule has 0 saturated heterocycles. The van der Waals surface area contributed by atoms with Crippen molar-refractivity contribution in [2.24, 2.45) is 0 Å². The number of hydrogen-bond donors (Lipinski definition) is 1. The van der Waals surface area contributed by atoms with Crippen LogP contribution in [-0.2, 0) is 35.6 Å². The molecule has 0 unspecified atom stereocenters. The van der Waals surface area contributed by atoms with Gasteiger partial charge in [-0.3, -0.25) is 9.59 Å². The molecule has 1 aromatic rings. The first-order valence-electron chi connectivity index (χ1n) is 9.21. The summed E-state index contributed by atoms with van der Waals surface area (Å²) in [5.74, 6) is -4.52. The molecule has 2 rings (SSSR count). The molecule has 1 N–H and O–H groups in total. The van der Waals surface area contributed by atoms with E-state index in [-0.39, 0.29) is 0 Å². The highest BCUT2D eigenvalue weighted by molar-refractivity contribution is 5.93. The molecule has 176 valence electrons. The Kier molecular flexibility index (Phi) is 7.26. The van der Waals surface area contributed by atoms with E-state index in [0.29, 0.717) is 24.8 Å². The zero-order valence-electron chi connectivity index (χ0n) is 16.4. The predicted molar refractivity (Wildman–Crippen MR) is 95.0 cm³/mol. The van der Waals surface area contributed by atoms with Crippen LogP contribution in [0.3, 0.4) is 0 Å². The van der Waals surface area contributed by atoms with Gasteiger partial charge in [-0.25, -0.2) is 4.79 Å². The van der Waals surface area contributed by atoms with Crippen LogP contribution in [-0.4, -0.2) is 35.3 Å². The maximum absolute atomic E-state index is 12.8. The third kappa shape index (κ3) is 6.24. The van der Waals surface area contributed by atoms with Crippen LogP contribution in [0.15, 0.2) is 36.4 Å². The molecule has 0 aliphatic heterocycles. The lowest BCUT2D eigenvalue weighted by molar-refractivity contribution is -0.222. The van der Waals surface area contributed by atoms with E-state index in [1.54, 1.807) is 0 Å². The van der Waals surface area contributed by atoms with Crippen LogP contribution in [0.2, 0.25) is 0 Å². The molecular formula is C20H18F6O6. The van der Waals surface area contributed by atoms with Crippen LogP contribution >= 0.6 is 0 Å². The quantitative estimate of drug-likeness (QED) is 0.343. The summed E-state index contributed by atoms with van der Waals surface area (Å²) in [6.45, 7) is 3.18. The van der Waals surface area contributed by atoms with Gasteiger partial charge < -0.3 is 14.6 Å². The minimum Gasteiger partial charge on any atom is -0.481 e. The minimum atomic E-state index is -5.15. The SMILES string of the molecule is C=C(CC(=O)OC1(c2ccc(C(F)(F)F)cc2)CCC1)C(=O)O[C@@H](CC(=O)O)C(F)(F)F. The zero-order chi connectivity index (χ0) is 24.3. The van der Waals surface area contributed by atoms with Crippen molar-refractivity contribution in [3.8, 4) is 0 Å². The molecule has 0 amide bonds. The molecule has 0 aromatic heterocycles. The largest absolute Gasteiger partial charge is 0.481 e. The Morgan fingerprint density at radius 1 is 1.06 bits per heavy atom. The lowest BCUT2D eigenvalue weighted by Gasteiger charge is -2.41.